The van der Waals surface area contributed by atoms with E-state index >= 15 is 0 Å². The number of rotatable bonds is 4. The predicted octanol–water partition coefficient (Wildman–Crippen LogP) is 3.41. The molecular weight excluding hydrogens is 272 g/mol. The van der Waals surface area contributed by atoms with Crippen LogP contribution in [0.5, 0.6) is 0 Å². The minimum absolute atomic E-state index is 0.269. The van der Waals surface area contributed by atoms with E-state index in [2.05, 4.69) is 27.7 Å². The van der Waals surface area contributed by atoms with Crippen molar-refractivity contribution in [1.29, 1.82) is 0 Å². The minimum Gasteiger partial charge on any atom is -0.444 e. The van der Waals surface area contributed by atoms with Crippen LogP contribution in [-0.2, 0) is 4.74 Å². The van der Waals surface area contributed by atoms with Crippen molar-refractivity contribution in [3.05, 3.63) is 22.4 Å². The van der Waals surface area contributed by atoms with E-state index in [4.69, 9.17) is 4.74 Å². The van der Waals surface area contributed by atoms with E-state index in [1.165, 1.54) is 17.7 Å². The summed E-state index contributed by atoms with van der Waals surface area (Å²) in [7, 11) is 0. The Labute approximate surface area is 125 Å². The molecule has 20 heavy (non-hydrogen) atoms. The van der Waals surface area contributed by atoms with Crippen molar-refractivity contribution in [2.45, 2.75) is 45.3 Å². The Kier molecular flexibility index (Phi) is 5.05. The maximum Gasteiger partial charge on any atom is 0.407 e. The summed E-state index contributed by atoms with van der Waals surface area (Å²) < 4.78 is 5.30. The molecule has 1 aliphatic rings. The van der Waals surface area contributed by atoms with Gasteiger partial charge in [-0.1, -0.05) is 6.07 Å². The van der Waals surface area contributed by atoms with E-state index < -0.39 is 5.60 Å². The zero-order valence-corrected chi connectivity index (χ0v) is 13.3. The molecule has 1 aliphatic heterocycles. The van der Waals surface area contributed by atoms with Gasteiger partial charge in [0.25, 0.3) is 0 Å². The van der Waals surface area contributed by atoms with Crippen LogP contribution in [0.1, 0.15) is 44.5 Å². The second-order valence-corrected chi connectivity index (χ2v) is 7.14. The van der Waals surface area contributed by atoms with Crippen molar-refractivity contribution in [3.63, 3.8) is 0 Å². The van der Waals surface area contributed by atoms with Crippen LogP contribution in [0.2, 0.25) is 0 Å². The number of likely N-dealkylation sites (tertiary alicyclic amines) is 1. The van der Waals surface area contributed by atoms with Gasteiger partial charge >= 0.3 is 6.09 Å². The van der Waals surface area contributed by atoms with Gasteiger partial charge in [0, 0.05) is 11.4 Å². The molecule has 5 heteroatoms. The van der Waals surface area contributed by atoms with Crippen LogP contribution in [0.4, 0.5) is 4.79 Å². The second-order valence-electron chi connectivity index (χ2n) is 6.16. The maximum atomic E-state index is 11.8. The van der Waals surface area contributed by atoms with Crippen molar-refractivity contribution in [3.8, 4) is 0 Å². The van der Waals surface area contributed by atoms with Gasteiger partial charge in [0.05, 0.1) is 6.04 Å². The highest BCUT2D eigenvalue weighted by Crippen LogP contribution is 2.27. The van der Waals surface area contributed by atoms with Gasteiger partial charge in [-0.25, -0.2) is 4.79 Å². The lowest BCUT2D eigenvalue weighted by Gasteiger charge is -2.27. The normalized spacial score (nSPS) is 17.9. The lowest BCUT2D eigenvalue weighted by molar-refractivity contribution is 0.0511. The number of amides is 1. The van der Waals surface area contributed by atoms with E-state index in [1.54, 1.807) is 11.3 Å². The van der Waals surface area contributed by atoms with Crippen LogP contribution in [0.15, 0.2) is 17.5 Å². The first-order valence-electron chi connectivity index (χ1n) is 7.20. The van der Waals surface area contributed by atoms with Gasteiger partial charge in [0.15, 0.2) is 0 Å². The zero-order chi connectivity index (χ0) is 14.6. The Morgan fingerprint density at radius 3 is 2.70 bits per heavy atom. The third-order valence-corrected chi connectivity index (χ3v) is 4.27. The van der Waals surface area contributed by atoms with E-state index in [1.807, 2.05) is 20.8 Å². The average molecular weight is 296 g/mol. The van der Waals surface area contributed by atoms with Crippen LogP contribution in [0.3, 0.4) is 0 Å². The molecule has 1 fully saturated rings. The zero-order valence-electron chi connectivity index (χ0n) is 12.5. The molecule has 1 aromatic heterocycles. The predicted molar refractivity (Wildman–Crippen MR) is 82.1 cm³/mol. The minimum atomic E-state index is -0.448. The van der Waals surface area contributed by atoms with Crippen molar-refractivity contribution in [2.24, 2.45) is 0 Å². The Morgan fingerprint density at radius 1 is 1.45 bits per heavy atom. The standard InChI is InChI=1S/C15H24N2O2S/c1-15(2,3)19-14(18)16-11-12(13-7-6-10-20-13)17-8-4-5-9-17/h6-7,10,12H,4-5,8-9,11H2,1-3H3,(H,16,18). The van der Waals surface area contributed by atoms with Gasteiger partial charge < -0.3 is 10.1 Å². The van der Waals surface area contributed by atoms with Gasteiger partial charge in [-0.05, 0) is 58.1 Å². The number of alkyl carbamates (subject to hydrolysis) is 1. The van der Waals surface area contributed by atoms with Crippen molar-refractivity contribution >= 4 is 17.4 Å². The number of nitrogens with one attached hydrogen (secondary N) is 1. The monoisotopic (exact) mass is 296 g/mol. The topological polar surface area (TPSA) is 41.6 Å². The van der Waals surface area contributed by atoms with Gasteiger partial charge in [-0.3, -0.25) is 4.90 Å². The third kappa shape index (κ3) is 4.49. The maximum absolute atomic E-state index is 11.8. The van der Waals surface area contributed by atoms with E-state index in [0.717, 1.165) is 13.1 Å². The molecule has 112 valence electrons. The lowest BCUT2D eigenvalue weighted by atomic mass is 10.2. The largest absolute Gasteiger partial charge is 0.444 e. The smallest absolute Gasteiger partial charge is 0.407 e. The fourth-order valence-corrected chi connectivity index (χ4v) is 3.30. The molecule has 1 saturated heterocycles. The van der Waals surface area contributed by atoms with Crippen LogP contribution < -0.4 is 5.32 Å². The third-order valence-electron chi connectivity index (χ3n) is 3.29. The van der Waals surface area contributed by atoms with Crippen molar-refractivity contribution in [1.82, 2.24) is 10.2 Å². The number of carbonyl (C=O) groups is 1. The number of carbonyl (C=O) groups excluding carboxylic acids is 1. The van der Waals surface area contributed by atoms with E-state index in [0.29, 0.717) is 6.54 Å². The molecule has 0 radical (unpaired) electrons. The summed E-state index contributed by atoms with van der Waals surface area (Å²) in [5.41, 5.74) is -0.448. The fraction of sp³-hybridized carbons (Fsp3) is 0.667. The molecule has 2 rings (SSSR count). The van der Waals surface area contributed by atoms with Gasteiger partial charge in [0.1, 0.15) is 5.60 Å². The Hall–Kier alpha value is -1.07. The molecule has 1 amide bonds. The molecule has 1 aromatic rings. The number of hydrogen-bond donors (Lipinski definition) is 1. The molecule has 0 saturated carbocycles. The van der Waals surface area contributed by atoms with E-state index in [-0.39, 0.29) is 12.1 Å². The van der Waals surface area contributed by atoms with Gasteiger partial charge in [-0.2, -0.15) is 0 Å². The number of hydrogen-bond acceptors (Lipinski definition) is 4. The summed E-state index contributed by atoms with van der Waals surface area (Å²) in [6.45, 7) is 8.46. The SMILES string of the molecule is CC(C)(C)OC(=O)NCC(c1cccs1)N1CCCC1. The first-order valence-corrected chi connectivity index (χ1v) is 8.08. The average Bonchev–Trinajstić information content (AvgIpc) is 2.98. The molecule has 0 aromatic carbocycles. The number of thiophene rings is 1. The highest BCUT2D eigenvalue weighted by atomic mass is 32.1. The van der Waals surface area contributed by atoms with Crippen molar-refractivity contribution in [2.75, 3.05) is 19.6 Å². The molecule has 0 bridgehead atoms. The van der Waals surface area contributed by atoms with Gasteiger partial charge in [-0.15, -0.1) is 11.3 Å². The molecule has 1 N–H and O–H groups in total. The molecule has 0 spiro atoms. The summed E-state index contributed by atoms with van der Waals surface area (Å²) in [4.78, 5) is 15.6. The highest BCUT2D eigenvalue weighted by Gasteiger charge is 2.25. The molecule has 0 aliphatic carbocycles. The van der Waals surface area contributed by atoms with E-state index in [9.17, 15) is 4.79 Å². The summed E-state index contributed by atoms with van der Waals surface area (Å²) in [5.74, 6) is 0. The Balaban J connectivity index is 1.93. The number of nitrogens with zero attached hydrogens (tertiary/aromatic N) is 1. The van der Waals surface area contributed by atoms with Gasteiger partial charge in [0.2, 0.25) is 0 Å². The Morgan fingerprint density at radius 2 is 2.15 bits per heavy atom. The quantitative estimate of drug-likeness (QED) is 0.925. The first-order chi connectivity index (χ1) is 9.46. The molecular formula is C15H24N2O2S. The summed E-state index contributed by atoms with van der Waals surface area (Å²) in [6.07, 6.45) is 2.15. The molecule has 4 nitrogen and oxygen atoms in total. The second kappa shape index (κ2) is 6.59. The highest BCUT2D eigenvalue weighted by molar-refractivity contribution is 7.10. The molecule has 1 atom stereocenters. The van der Waals surface area contributed by atoms with Crippen LogP contribution in [0.25, 0.3) is 0 Å². The fourth-order valence-electron chi connectivity index (χ4n) is 2.44. The van der Waals surface area contributed by atoms with Crippen LogP contribution >= 0.6 is 11.3 Å². The summed E-state index contributed by atoms with van der Waals surface area (Å²) >= 11 is 1.75. The molecule has 2 heterocycles. The summed E-state index contributed by atoms with van der Waals surface area (Å²) in [5, 5.41) is 5.00. The first kappa shape index (κ1) is 15.3. The Bertz CT molecular complexity index is 420. The molecule has 1 unspecified atom stereocenters. The van der Waals surface area contributed by atoms with Crippen LogP contribution in [-0.4, -0.2) is 36.2 Å². The number of ether oxygens (including phenoxy) is 1. The summed E-state index contributed by atoms with van der Waals surface area (Å²) in [6, 6.07) is 4.48. The van der Waals surface area contributed by atoms with Crippen molar-refractivity contribution < 1.29 is 9.53 Å². The van der Waals surface area contributed by atoms with Crippen LogP contribution in [0, 0.1) is 0 Å². The lowest BCUT2D eigenvalue weighted by Crippen LogP contribution is -2.39.